The minimum Gasteiger partial charge on any atom is -0.496 e. The molecule has 4 aromatic carbocycles. The van der Waals surface area contributed by atoms with Crippen LogP contribution in [0.5, 0.6) is 5.75 Å². The van der Waals surface area contributed by atoms with Gasteiger partial charge in [0.25, 0.3) is 0 Å². The van der Waals surface area contributed by atoms with Crippen molar-refractivity contribution < 1.29 is 19.0 Å². The number of methoxy groups -OCH3 is 2. The summed E-state index contributed by atoms with van der Waals surface area (Å²) in [5, 5.41) is 12.6. The van der Waals surface area contributed by atoms with E-state index in [1.54, 1.807) is 7.11 Å². The molecule has 0 saturated heterocycles. The molecule has 0 heterocycles. The first-order valence-corrected chi connectivity index (χ1v) is 11.4. The number of carbonyl (C=O) groups is 1. The number of nitriles is 1. The van der Waals surface area contributed by atoms with Gasteiger partial charge < -0.3 is 14.2 Å². The van der Waals surface area contributed by atoms with Crippen LogP contribution in [0.25, 0.3) is 10.8 Å². The Balaban J connectivity index is 1.91. The highest BCUT2D eigenvalue weighted by molar-refractivity contribution is 5.90. The maximum atomic E-state index is 13.5. The van der Waals surface area contributed by atoms with Crippen molar-refractivity contribution in [1.82, 2.24) is 0 Å². The molecule has 0 radical (unpaired) electrons. The summed E-state index contributed by atoms with van der Waals surface area (Å²) in [4.78, 5) is 13.5. The molecule has 0 bridgehead atoms. The standard InChI is InChI=1S/C30H27NO4/c1-33-27-18-9-8-16-26(27)28(25-17-10-14-23-13-6-7-15-24(23)25)30(20-31,29(32)34-2)21-35-19-22-11-4-3-5-12-22/h3-18,28H,19,21H2,1-2H3/t28-,30-/m0/s1. The summed E-state index contributed by atoms with van der Waals surface area (Å²) in [5.74, 6) is -0.785. The van der Waals surface area contributed by atoms with E-state index in [1.165, 1.54) is 7.11 Å². The molecule has 0 aliphatic carbocycles. The lowest BCUT2D eigenvalue weighted by molar-refractivity contribution is -0.153. The normalized spacial score (nSPS) is 13.4. The van der Waals surface area contributed by atoms with Gasteiger partial charge in [-0.1, -0.05) is 91.0 Å². The van der Waals surface area contributed by atoms with Crippen LogP contribution < -0.4 is 4.74 Å². The quantitative estimate of drug-likeness (QED) is 0.289. The monoisotopic (exact) mass is 465 g/mol. The molecule has 0 spiro atoms. The second-order valence-corrected chi connectivity index (χ2v) is 8.30. The SMILES string of the molecule is COC(=O)[C@@](C#N)(COCc1ccccc1)[C@H](c1ccccc1OC)c1cccc2ccccc12. The number of fused-ring (bicyclic) bond motifs is 1. The lowest BCUT2D eigenvalue weighted by atomic mass is 9.68. The second kappa shape index (κ2) is 10.9. The van der Waals surface area contributed by atoms with Crippen molar-refractivity contribution in [1.29, 1.82) is 5.26 Å². The third kappa shape index (κ3) is 4.75. The molecule has 0 saturated carbocycles. The molecule has 176 valence electrons. The highest BCUT2D eigenvalue weighted by Crippen LogP contribution is 2.47. The Morgan fingerprint density at radius 1 is 0.857 bits per heavy atom. The molecule has 0 aliphatic rings. The van der Waals surface area contributed by atoms with E-state index < -0.39 is 17.3 Å². The minimum absolute atomic E-state index is 0.156. The topological polar surface area (TPSA) is 68.6 Å². The third-order valence-corrected chi connectivity index (χ3v) is 6.27. The van der Waals surface area contributed by atoms with Crippen molar-refractivity contribution >= 4 is 16.7 Å². The van der Waals surface area contributed by atoms with Crippen molar-refractivity contribution in [2.24, 2.45) is 5.41 Å². The zero-order valence-electron chi connectivity index (χ0n) is 19.8. The Labute approximate surface area is 205 Å². The number of rotatable bonds is 9. The van der Waals surface area contributed by atoms with Gasteiger partial charge >= 0.3 is 5.97 Å². The first kappa shape index (κ1) is 24.0. The third-order valence-electron chi connectivity index (χ3n) is 6.27. The van der Waals surface area contributed by atoms with Gasteiger partial charge in [0.2, 0.25) is 0 Å². The van der Waals surface area contributed by atoms with Gasteiger partial charge in [-0.3, -0.25) is 4.79 Å². The molecule has 0 N–H and O–H groups in total. The fourth-order valence-electron chi connectivity index (χ4n) is 4.59. The Hall–Kier alpha value is -4.14. The number of para-hydroxylation sites is 1. The molecule has 2 atom stereocenters. The van der Waals surface area contributed by atoms with Crippen molar-refractivity contribution in [3.05, 3.63) is 114 Å². The Bertz CT molecular complexity index is 1340. The first-order chi connectivity index (χ1) is 17.1. The molecule has 0 aliphatic heterocycles. The maximum absolute atomic E-state index is 13.5. The molecular weight excluding hydrogens is 438 g/mol. The van der Waals surface area contributed by atoms with Crippen molar-refractivity contribution in [3.63, 3.8) is 0 Å². The van der Waals surface area contributed by atoms with Gasteiger partial charge in [0, 0.05) is 11.5 Å². The molecule has 4 aromatic rings. The van der Waals surface area contributed by atoms with Crippen LogP contribution in [-0.4, -0.2) is 26.8 Å². The number of nitrogens with zero attached hydrogens (tertiary/aromatic N) is 1. The Kier molecular flexibility index (Phi) is 7.45. The van der Waals surface area contributed by atoms with E-state index in [9.17, 15) is 10.1 Å². The molecule has 0 amide bonds. The molecular formula is C30H27NO4. The second-order valence-electron chi connectivity index (χ2n) is 8.30. The number of hydrogen-bond acceptors (Lipinski definition) is 5. The minimum atomic E-state index is -1.66. The lowest BCUT2D eigenvalue weighted by Gasteiger charge is -2.34. The predicted octanol–water partition coefficient (Wildman–Crippen LogP) is 5.88. The van der Waals surface area contributed by atoms with Crippen LogP contribution in [-0.2, 0) is 20.9 Å². The van der Waals surface area contributed by atoms with Crippen LogP contribution in [0.1, 0.15) is 22.6 Å². The van der Waals surface area contributed by atoms with E-state index >= 15 is 0 Å². The van der Waals surface area contributed by atoms with Gasteiger partial charge in [-0.25, -0.2) is 0 Å². The average Bonchev–Trinajstić information content (AvgIpc) is 2.92. The van der Waals surface area contributed by atoms with Crippen LogP contribution in [0.2, 0.25) is 0 Å². The summed E-state index contributed by atoms with van der Waals surface area (Å²) >= 11 is 0. The van der Waals surface area contributed by atoms with Crippen molar-refractivity contribution in [2.45, 2.75) is 12.5 Å². The lowest BCUT2D eigenvalue weighted by Crippen LogP contribution is -2.42. The Morgan fingerprint density at radius 3 is 2.26 bits per heavy atom. The van der Waals surface area contributed by atoms with Crippen LogP contribution in [0, 0.1) is 16.7 Å². The van der Waals surface area contributed by atoms with Gasteiger partial charge in [-0.05, 0) is 28.0 Å². The van der Waals surface area contributed by atoms with E-state index in [0.29, 0.717) is 11.3 Å². The molecule has 4 rings (SSSR count). The summed E-state index contributed by atoms with van der Waals surface area (Å²) in [6.45, 7) is 0.104. The largest absolute Gasteiger partial charge is 0.496 e. The number of esters is 1. The van der Waals surface area contributed by atoms with Crippen LogP contribution in [0.3, 0.4) is 0 Å². The van der Waals surface area contributed by atoms with Crippen LogP contribution >= 0.6 is 0 Å². The van der Waals surface area contributed by atoms with Crippen LogP contribution in [0.15, 0.2) is 97.1 Å². The highest BCUT2D eigenvalue weighted by atomic mass is 16.5. The summed E-state index contributed by atoms with van der Waals surface area (Å²) in [6, 6.07) is 33.2. The van der Waals surface area contributed by atoms with Gasteiger partial charge in [-0.15, -0.1) is 0 Å². The molecule has 5 heteroatoms. The summed E-state index contributed by atoms with van der Waals surface area (Å²) in [7, 11) is 2.88. The summed E-state index contributed by atoms with van der Waals surface area (Å²) in [5.41, 5.74) is 0.815. The smallest absolute Gasteiger partial charge is 0.329 e. The number of ether oxygens (including phenoxy) is 3. The average molecular weight is 466 g/mol. The maximum Gasteiger partial charge on any atom is 0.329 e. The number of hydrogen-bond donors (Lipinski definition) is 0. The molecule has 0 fully saturated rings. The van der Waals surface area contributed by atoms with E-state index in [1.807, 2.05) is 97.1 Å². The van der Waals surface area contributed by atoms with E-state index in [0.717, 1.165) is 21.9 Å². The van der Waals surface area contributed by atoms with E-state index in [4.69, 9.17) is 14.2 Å². The fraction of sp³-hybridized carbons (Fsp3) is 0.200. The van der Waals surface area contributed by atoms with Crippen molar-refractivity contribution in [2.75, 3.05) is 20.8 Å². The molecule has 0 aromatic heterocycles. The highest BCUT2D eigenvalue weighted by Gasteiger charge is 2.51. The van der Waals surface area contributed by atoms with Gasteiger partial charge in [0.1, 0.15) is 5.75 Å². The number of carbonyl (C=O) groups excluding carboxylic acids is 1. The Morgan fingerprint density at radius 2 is 1.51 bits per heavy atom. The van der Waals surface area contributed by atoms with Crippen molar-refractivity contribution in [3.8, 4) is 11.8 Å². The van der Waals surface area contributed by atoms with Gasteiger partial charge in [-0.2, -0.15) is 5.26 Å². The number of benzene rings is 4. The molecule has 0 unspecified atom stereocenters. The predicted molar refractivity (Wildman–Crippen MR) is 135 cm³/mol. The van der Waals surface area contributed by atoms with E-state index in [2.05, 4.69) is 6.07 Å². The van der Waals surface area contributed by atoms with Gasteiger partial charge in [0.05, 0.1) is 33.5 Å². The first-order valence-electron chi connectivity index (χ1n) is 11.4. The zero-order valence-corrected chi connectivity index (χ0v) is 19.8. The molecule has 35 heavy (non-hydrogen) atoms. The van der Waals surface area contributed by atoms with E-state index in [-0.39, 0.29) is 13.2 Å². The van der Waals surface area contributed by atoms with Crippen LogP contribution in [0.4, 0.5) is 0 Å². The fourth-order valence-corrected chi connectivity index (χ4v) is 4.59. The zero-order chi connectivity index (χ0) is 24.7. The molecule has 5 nitrogen and oxygen atoms in total. The van der Waals surface area contributed by atoms with Gasteiger partial charge in [0.15, 0.2) is 5.41 Å². The summed E-state index contributed by atoms with van der Waals surface area (Å²) in [6.07, 6.45) is 0. The summed E-state index contributed by atoms with van der Waals surface area (Å²) < 4.78 is 17.0.